The molecule has 146 valence electrons. The van der Waals surface area contributed by atoms with Crippen LogP contribution in [0.3, 0.4) is 0 Å². The van der Waals surface area contributed by atoms with Crippen molar-refractivity contribution in [3.63, 3.8) is 0 Å². The lowest BCUT2D eigenvalue weighted by Crippen LogP contribution is -2.16. The van der Waals surface area contributed by atoms with E-state index in [2.05, 4.69) is 20.0 Å². The van der Waals surface area contributed by atoms with Gasteiger partial charge >= 0.3 is 0 Å². The molecule has 0 spiro atoms. The summed E-state index contributed by atoms with van der Waals surface area (Å²) >= 11 is 5.85. The Hall–Kier alpha value is -3.36. The smallest absolute Gasteiger partial charge is 0.263 e. The predicted octanol–water partition coefficient (Wildman–Crippen LogP) is 4.53. The number of hydrogen-bond acceptors (Lipinski definition) is 6. The summed E-state index contributed by atoms with van der Waals surface area (Å²) in [6.07, 6.45) is 0. The lowest BCUT2D eigenvalue weighted by molar-refractivity contribution is 0.475. The molecule has 1 aromatic heterocycles. The quantitative estimate of drug-likeness (QED) is 0.433. The number of para-hydroxylation sites is 2. The molecule has 4 aromatic rings. The topological polar surface area (TPSA) is 104 Å². The highest BCUT2D eigenvalue weighted by molar-refractivity contribution is 7.92. The van der Waals surface area contributed by atoms with Gasteiger partial charge in [-0.1, -0.05) is 29.8 Å². The molecule has 9 heteroatoms. The molecule has 0 bridgehead atoms. The van der Waals surface area contributed by atoms with Crippen molar-refractivity contribution in [1.82, 2.24) is 9.97 Å². The van der Waals surface area contributed by atoms with Crippen molar-refractivity contribution in [2.45, 2.75) is 4.90 Å². The van der Waals surface area contributed by atoms with E-state index in [0.29, 0.717) is 21.7 Å². The van der Waals surface area contributed by atoms with Crippen LogP contribution < -0.4 is 10.0 Å². The summed E-state index contributed by atoms with van der Waals surface area (Å²) in [7, 11) is -3.92. The van der Waals surface area contributed by atoms with Gasteiger partial charge in [0.25, 0.3) is 10.0 Å². The number of nitrogens with zero attached hydrogens (tertiary/aromatic N) is 2. The normalized spacial score (nSPS) is 11.3. The minimum absolute atomic E-state index is 0.0296. The van der Waals surface area contributed by atoms with Crippen molar-refractivity contribution in [2.75, 3.05) is 10.0 Å². The highest BCUT2D eigenvalue weighted by Gasteiger charge is 2.19. The van der Waals surface area contributed by atoms with Crippen LogP contribution in [-0.2, 0) is 10.0 Å². The van der Waals surface area contributed by atoms with Gasteiger partial charge in [-0.15, -0.1) is 0 Å². The third-order valence-corrected chi connectivity index (χ3v) is 5.64. The molecule has 7 nitrogen and oxygen atoms in total. The van der Waals surface area contributed by atoms with E-state index < -0.39 is 10.0 Å². The Bertz CT molecular complexity index is 1290. The maximum absolute atomic E-state index is 12.8. The van der Waals surface area contributed by atoms with Crippen molar-refractivity contribution in [1.29, 1.82) is 0 Å². The van der Waals surface area contributed by atoms with E-state index in [0.717, 1.165) is 0 Å². The summed E-state index contributed by atoms with van der Waals surface area (Å²) < 4.78 is 28.1. The SMILES string of the molecule is O=S(=O)(Nc1nc2ccccc2nc1Nc1cccc(O)c1)c1ccc(Cl)cc1. The molecule has 4 rings (SSSR count). The van der Waals surface area contributed by atoms with E-state index in [9.17, 15) is 13.5 Å². The number of phenols is 1. The fraction of sp³-hybridized carbons (Fsp3) is 0. The monoisotopic (exact) mass is 426 g/mol. The van der Waals surface area contributed by atoms with Crippen LogP contribution in [0.25, 0.3) is 11.0 Å². The van der Waals surface area contributed by atoms with Crippen LogP contribution >= 0.6 is 11.6 Å². The number of benzene rings is 3. The first kappa shape index (κ1) is 19.0. The van der Waals surface area contributed by atoms with Gasteiger partial charge in [0.1, 0.15) is 5.75 Å². The Morgan fingerprint density at radius 2 is 1.48 bits per heavy atom. The second-order valence-corrected chi connectivity index (χ2v) is 8.26. The molecule has 0 unspecified atom stereocenters. The fourth-order valence-corrected chi connectivity index (χ4v) is 3.81. The molecule has 0 amide bonds. The second kappa shape index (κ2) is 7.57. The van der Waals surface area contributed by atoms with Gasteiger partial charge in [-0.05, 0) is 48.5 Å². The van der Waals surface area contributed by atoms with Crippen LogP contribution in [0.2, 0.25) is 5.02 Å². The number of nitrogens with one attached hydrogen (secondary N) is 2. The zero-order valence-corrected chi connectivity index (χ0v) is 16.4. The number of rotatable bonds is 5. The van der Waals surface area contributed by atoms with Gasteiger partial charge in [0.2, 0.25) is 0 Å². The van der Waals surface area contributed by atoms with Crippen LogP contribution in [0.4, 0.5) is 17.3 Å². The number of phenolic OH excluding ortho intramolecular Hbond substituents is 1. The number of hydrogen-bond donors (Lipinski definition) is 3. The molecule has 0 radical (unpaired) electrons. The molecule has 1 heterocycles. The third-order valence-electron chi connectivity index (χ3n) is 4.03. The van der Waals surface area contributed by atoms with Gasteiger partial charge in [0, 0.05) is 16.8 Å². The van der Waals surface area contributed by atoms with E-state index >= 15 is 0 Å². The highest BCUT2D eigenvalue weighted by atomic mass is 35.5. The number of sulfonamides is 1. The lowest BCUT2D eigenvalue weighted by Gasteiger charge is -2.14. The predicted molar refractivity (Wildman–Crippen MR) is 113 cm³/mol. The number of aromatic nitrogens is 2. The molecule has 0 aliphatic rings. The minimum atomic E-state index is -3.92. The summed E-state index contributed by atoms with van der Waals surface area (Å²) in [5.41, 5.74) is 1.65. The zero-order valence-electron chi connectivity index (χ0n) is 14.9. The Morgan fingerprint density at radius 1 is 0.828 bits per heavy atom. The number of fused-ring (bicyclic) bond motifs is 1. The van der Waals surface area contributed by atoms with Gasteiger partial charge in [-0.2, -0.15) is 0 Å². The first-order chi connectivity index (χ1) is 13.9. The van der Waals surface area contributed by atoms with E-state index in [1.54, 1.807) is 30.3 Å². The third kappa shape index (κ3) is 4.23. The molecule has 29 heavy (non-hydrogen) atoms. The average Bonchev–Trinajstić information content (AvgIpc) is 2.68. The number of halogens is 1. The van der Waals surface area contributed by atoms with Gasteiger partial charge in [-0.3, -0.25) is 4.72 Å². The maximum Gasteiger partial charge on any atom is 0.263 e. The van der Waals surface area contributed by atoms with Crippen molar-refractivity contribution < 1.29 is 13.5 Å². The fourth-order valence-electron chi connectivity index (χ4n) is 2.68. The van der Waals surface area contributed by atoms with Crippen LogP contribution in [-0.4, -0.2) is 23.5 Å². The largest absolute Gasteiger partial charge is 0.508 e. The van der Waals surface area contributed by atoms with Crippen molar-refractivity contribution >= 4 is 50.0 Å². The molecule has 0 aliphatic heterocycles. The van der Waals surface area contributed by atoms with E-state index in [-0.39, 0.29) is 22.3 Å². The molecular formula is C20H15ClN4O3S. The van der Waals surface area contributed by atoms with E-state index in [1.807, 2.05) is 6.07 Å². The summed E-state index contributed by atoms with van der Waals surface area (Å²) in [5.74, 6) is 0.292. The Morgan fingerprint density at radius 3 is 2.14 bits per heavy atom. The molecular weight excluding hydrogens is 412 g/mol. The first-order valence-corrected chi connectivity index (χ1v) is 10.4. The Balaban J connectivity index is 1.78. The van der Waals surface area contributed by atoms with Gasteiger partial charge in [0.15, 0.2) is 11.6 Å². The maximum atomic E-state index is 12.8. The minimum Gasteiger partial charge on any atom is -0.508 e. The molecule has 0 atom stereocenters. The van der Waals surface area contributed by atoms with Crippen LogP contribution in [0.15, 0.2) is 77.7 Å². The summed E-state index contributed by atoms with van der Waals surface area (Å²) in [5, 5.41) is 13.1. The molecule has 0 saturated carbocycles. The molecule has 0 saturated heterocycles. The molecule has 0 fully saturated rings. The Labute approximate surface area is 172 Å². The van der Waals surface area contributed by atoms with Crippen molar-refractivity contribution in [3.8, 4) is 5.75 Å². The second-order valence-electron chi connectivity index (χ2n) is 6.14. The Kier molecular flexibility index (Phi) is 4.96. The summed E-state index contributed by atoms with van der Waals surface area (Å²) in [4.78, 5) is 8.95. The summed E-state index contributed by atoms with van der Waals surface area (Å²) in [6, 6.07) is 19.3. The summed E-state index contributed by atoms with van der Waals surface area (Å²) in [6.45, 7) is 0. The number of anilines is 3. The van der Waals surface area contributed by atoms with Gasteiger partial charge < -0.3 is 10.4 Å². The highest BCUT2D eigenvalue weighted by Crippen LogP contribution is 2.28. The van der Waals surface area contributed by atoms with Crippen molar-refractivity contribution in [2.24, 2.45) is 0 Å². The lowest BCUT2D eigenvalue weighted by atomic mass is 10.3. The van der Waals surface area contributed by atoms with Gasteiger partial charge in [0.05, 0.1) is 15.9 Å². The van der Waals surface area contributed by atoms with Crippen LogP contribution in [0.5, 0.6) is 5.75 Å². The molecule has 0 aliphatic carbocycles. The molecule has 3 aromatic carbocycles. The standard InChI is InChI=1S/C20H15ClN4O3S/c21-13-8-10-16(11-9-13)29(27,28)25-20-19(22-14-4-3-5-15(26)12-14)23-17-6-1-2-7-18(17)24-20/h1-12,26H,(H,22,23)(H,24,25). The zero-order chi connectivity index (χ0) is 20.4. The number of aromatic hydroxyl groups is 1. The first-order valence-electron chi connectivity index (χ1n) is 8.52. The van der Waals surface area contributed by atoms with E-state index in [4.69, 9.17) is 11.6 Å². The van der Waals surface area contributed by atoms with Crippen LogP contribution in [0.1, 0.15) is 0 Å². The van der Waals surface area contributed by atoms with E-state index in [1.165, 1.54) is 36.4 Å². The average molecular weight is 427 g/mol. The molecule has 3 N–H and O–H groups in total. The van der Waals surface area contributed by atoms with Gasteiger partial charge in [-0.25, -0.2) is 18.4 Å². The van der Waals surface area contributed by atoms with Crippen molar-refractivity contribution in [3.05, 3.63) is 77.8 Å². The van der Waals surface area contributed by atoms with Crippen LogP contribution in [0, 0.1) is 0 Å².